The highest BCUT2D eigenvalue weighted by atomic mass is 16.5. The van der Waals surface area contributed by atoms with Crippen LogP contribution in [0.15, 0.2) is 90.6 Å². The van der Waals surface area contributed by atoms with Crippen molar-refractivity contribution < 1.29 is 4.74 Å². The fourth-order valence-corrected chi connectivity index (χ4v) is 8.27. The number of benzene rings is 3. The molecule has 6 aromatic rings. The summed E-state index contributed by atoms with van der Waals surface area (Å²) in [4.78, 5) is 4.85. The van der Waals surface area contributed by atoms with Gasteiger partial charge in [-0.25, -0.2) is 9.67 Å². The number of aromatic nitrogens is 4. The van der Waals surface area contributed by atoms with Crippen LogP contribution in [0.25, 0.3) is 33.3 Å². The van der Waals surface area contributed by atoms with E-state index in [1.54, 1.807) is 0 Å². The predicted octanol–water partition coefficient (Wildman–Crippen LogP) is 12.5. The minimum Gasteiger partial charge on any atom is -0.457 e. The van der Waals surface area contributed by atoms with E-state index in [1.807, 2.05) is 6.20 Å². The smallest absolute Gasteiger partial charge is 0.137 e. The van der Waals surface area contributed by atoms with Gasteiger partial charge in [-0.15, -0.1) is 0 Å². The van der Waals surface area contributed by atoms with Gasteiger partial charge >= 0.3 is 0 Å². The molecule has 3 aromatic heterocycles. The number of para-hydroxylation sites is 1. The van der Waals surface area contributed by atoms with E-state index in [-0.39, 0.29) is 10.8 Å². The molecule has 0 bridgehead atoms. The second kappa shape index (κ2) is 13.2. The summed E-state index contributed by atoms with van der Waals surface area (Å²) in [6.07, 6.45) is 8.85. The van der Waals surface area contributed by atoms with Gasteiger partial charge in [0.15, 0.2) is 0 Å². The molecule has 0 spiro atoms. The zero-order valence-electron chi connectivity index (χ0n) is 32.3. The van der Waals surface area contributed by atoms with Gasteiger partial charge in [0.1, 0.15) is 17.3 Å². The first-order chi connectivity index (χ1) is 24.2. The third-order valence-corrected chi connectivity index (χ3v) is 10.7. The molecule has 0 radical (unpaired) electrons. The van der Waals surface area contributed by atoms with Crippen LogP contribution in [0.5, 0.6) is 11.5 Å². The average Bonchev–Trinajstić information content (AvgIpc) is 3.59. The Morgan fingerprint density at radius 1 is 0.824 bits per heavy atom. The molecule has 5 nitrogen and oxygen atoms in total. The molecule has 0 saturated heterocycles. The number of hydrogen-bond acceptors (Lipinski definition) is 3. The zero-order chi connectivity index (χ0) is 36.2. The molecular weight excluding hydrogens is 625 g/mol. The first-order valence-electron chi connectivity index (χ1n) is 18.8. The Morgan fingerprint density at radius 2 is 1.59 bits per heavy atom. The Balaban J connectivity index is 1.37. The van der Waals surface area contributed by atoms with Crippen molar-refractivity contribution in [1.29, 1.82) is 0 Å². The summed E-state index contributed by atoms with van der Waals surface area (Å²) in [5, 5.41) is 7.70. The van der Waals surface area contributed by atoms with Gasteiger partial charge in [-0.3, -0.25) is 4.57 Å². The molecule has 51 heavy (non-hydrogen) atoms. The topological polar surface area (TPSA) is 44.9 Å². The zero-order valence-corrected chi connectivity index (χ0v) is 32.3. The van der Waals surface area contributed by atoms with Crippen molar-refractivity contribution in [3.63, 3.8) is 0 Å². The van der Waals surface area contributed by atoms with Crippen molar-refractivity contribution in [2.24, 2.45) is 5.92 Å². The SMILES string of the molecule is CCCc1ccnc(-n2c3ccccc3c3ccc(Oc4cc(-n5nc(C)c(C6C(C)=CCC[C@@H]6C)c5C(C)(C)C)cc(C(C)(C)C)c4)cc32)c1. The standard InChI is InChI=1S/C46H54N4O/c1-11-15-32-22-23-47-41(24-32)49-39-19-13-12-18-37(39)38-21-20-35(28-40(38)49)51-36-26-33(45(5,6)7)25-34(27-36)50-44(46(8,9)10)43(31(4)48-50)42-29(2)16-14-17-30(42)3/h12-13,16,18-28,30,42H,11,14-15,17H2,1-10H3/t30-,42?/m0/s1. The van der Waals surface area contributed by atoms with Crippen molar-refractivity contribution >= 4 is 21.8 Å². The maximum Gasteiger partial charge on any atom is 0.137 e. The van der Waals surface area contributed by atoms with E-state index in [2.05, 4.69) is 157 Å². The fraction of sp³-hybridized carbons (Fsp3) is 0.391. The maximum atomic E-state index is 6.86. The van der Waals surface area contributed by atoms with Gasteiger partial charge in [-0.2, -0.15) is 5.10 Å². The summed E-state index contributed by atoms with van der Waals surface area (Å²) in [6.45, 7) is 22.9. The lowest BCUT2D eigenvalue weighted by molar-refractivity contribution is 0.437. The Labute approximate surface area is 304 Å². The summed E-state index contributed by atoms with van der Waals surface area (Å²) in [5.74, 6) is 3.47. The highest BCUT2D eigenvalue weighted by molar-refractivity contribution is 6.09. The molecule has 2 atom stereocenters. The molecule has 7 rings (SSSR count). The minimum atomic E-state index is -0.117. The van der Waals surface area contributed by atoms with Crippen molar-refractivity contribution in [3.8, 4) is 23.0 Å². The summed E-state index contributed by atoms with van der Waals surface area (Å²) in [7, 11) is 0. The number of aryl methyl sites for hydroxylation is 2. The van der Waals surface area contributed by atoms with Crippen LogP contribution in [-0.4, -0.2) is 19.3 Å². The van der Waals surface area contributed by atoms with E-state index in [0.717, 1.165) is 59.0 Å². The molecule has 3 aromatic carbocycles. The minimum absolute atomic E-state index is 0.0934. The van der Waals surface area contributed by atoms with Crippen LogP contribution < -0.4 is 4.74 Å². The monoisotopic (exact) mass is 678 g/mol. The Hall–Kier alpha value is -4.64. The van der Waals surface area contributed by atoms with Crippen LogP contribution in [0.3, 0.4) is 0 Å². The van der Waals surface area contributed by atoms with E-state index in [0.29, 0.717) is 11.8 Å². The van der Waals surface area contributed by atoms with Crippen molar-refractivity contribution in [2.45, 2.75) is 112 Å². The van der Waals surface area contributed by atoms with Gasteiger partial charge in [0.2, 0.25) is 0 Å². The van der Waals surface area contributed by atoms with E-state index < -0.39 is 0 Å². The highest BCUT2D eigenvalue weighted by Crippen LogP contribution is 2.45. The van der Waals surface area contributed by atoms with Crippen molar-refractivity contribution in [2.75, 3.05) is 0 Å². The Morgan fingerprint density at radius 3 is 2.31 bits per heavy atom. The van der Waals surface area contributed by atoms with Crippen LogP contribution in [0.4, 0.5) is 0 Å². The molecule has 264 valence electrons. The molecule has 1 aliphatic carbocycles. The lowest BCUT2D eigenvalue weighted by Gasteiger charge is -2.32. The highest BCUT2D eigenvalue weighted by Gasteiger charge is 2.35. The number of allylic oxidation sites excluding steroid dienone is 2. The van der Waals surface area contributed by atoms with Gasteiger partial charge in [0, 0.05) is 46.0 Å². The van der Waals surface area contributed by atoms with Crippen LogP contribution in [-0.2, 0) is 17.3 Å². The molecule has 0 amide bonds. The molecule has 0 fully saturated rings. The van der Waals surface area contributed by atoms with Gasteiger partial charge in [0.25, 0.3) is 0 Å². The molecule has 1 aliphatic rings. The summed E-state index contributed by atoms with van der Waals surface area (Å²) in [5.41, 5.74) is 10.8. The molecule has 0 N–H and O–H groups in total. The number of fused-ring (bicyclic) bond motifs is 3. The summed E-state index contributed by atoms with van der Waals surface area (Å²) in [6, 6.07) is 26.1. The largest absolute Gasteiger partial charge is 0.457 e. The predicted molar refractivity (Wildman–Crippen MR) is 213 cm³/mol. The normalized spacial score (nSPS) is 16.9. The molecule has 0 saturated carbocycles. The van der Waals surface area contributed by atoms with Crippen LogP contribution in [0.2, 0.25) is 0 Å². The van der Waals surface area contributed by atoms with E-state index in [4.69, 9.17) is 14.8 Å². The second-order valence-corrected chi connectivity index (χ2v) is 16.9. The van der Waals surface area contributed by atoms with E-state index >= 15 is 0 Å². The summed E-state index contributed by atoms with van der Waals surface area (Å²) >= 11 is 0. The van der Waals surface area contributed by atoms with Gasteiger partial charge in [0.05, 0.1) is 28.1 Å². The van der Waals surface area contributed by atoms with Gasteiger partial charge in [-0.1, -0.05) is 91.7 Å². The number of pyridine rings is 1. The van der Waals surface area contributed by atoms with E-state index in [1.165, 1.54) is 45.2 Å². The van der Waals surface area contributed by atoms with Gasteiger partial charge in [-0.05, 0) is 98.0 Å². The first-order valence-corrected chi connectivity index (χ1v) is 18.8. The fourth-order valence-electron chi connectivity index (χ4n) is 8.27. The molecule has 0 aliphatic heterocycles. The molecule has 5 heteroatoms. The van der Waals surface area contributed by atoms with Crippen LogP contribution in [0.1, 0.15) is 116 Å². The molecule has 1 unspecified atom stereocenters. The lowest BCUT2D eigenvalue weighted by Crippen LogP contribution is -2.24. The number of nitrogens with zero attached hydrogens (tertiary/aromatic N) is 4. The quantitative estimate of drug-likeness (QED) is 0.158. The number of hydrogen-bond donors (Lipinski definition) is 0. The first kappa shape index (κ1) is 34.8. The lowest BCUT2D eigenvalue weighted by atomic mass is 9.72. The third kappa shape index (κ3) is 6.52. The average molecular weight is 679 g/mol. The van der Waals surface area contributed by atoms with Gasteiger partial charge < -0.3 is 4.74 Å². The number of ether oxygens (including phenoxy) is 1. The van der Waals surface area contributed by atoms with Crippen LogP contribution >= 0.6 is 0 Å². The van der Waals surface area contributed by atoms with E-state index in [9.17, 15) is 0 Å². The Bertz CT molecular complexity index is 2270. The van der Waals surface area contributed by atoms with Crippen LogP contribution in [0, 0.1) is 12.8 Å². The Kier molecular flexibility index (Phi) is 8.98. The van der Waals surface area contributed by atoms with Crippen molar-refractivity contribution in [3.05, 3.63) is 119 Å². The summed E-state index contributed by atoms with van der Waals surface area (Å²) < 4.78 is 11.4. The van der Waals surface area contributed by atoms with Crippen molar-refractivity contribution in [1.82, 2.24) is 19.3 Å². The number of rotatable bonds is 7. The molecular formula is C46H54N4O. The maximum absolute atomic E-state index is 6.86. The third-order valence-electron chi connectivity index (χ3n) is 10.7. The molecule has 3 heterocycles. The second-order valence-electron chi connectivity index (χ2n) is 16.9.